The van der Waals surface area contributed by atoms with Gasteiger partial charge in [0.25, 0.3) is 5.79 Å². The van der Waals surface area contributed by atoms with Crippen LogP contribution < -0.4 is 5.32 Å². The molecule has 9 nitrogen and oxygen atoms in total. The van der Waals surface area contributed by atoms with Crippen molar-refractivity contribution in [2.75, 3.05) is 20.3 Å². The van der Waals surface area contributed by atoms with E-state index in [0.717, 1.165) is 6.92 Å². The number of esters is 1. The molecule has 0 radical (unpaired) electrons. The lowest BCUT2D eigenvalue weighted by molar-refractivity contribution is -0.330. The Kier molecular flexibility index (Phi) is 5.06. The number of hydrogen-bond acceptors (Lipinski definition) is 8. The summed E-state index contributed by atoms with van der Waals surface area (Å²) in [6, 6.07) is 0. The molecule has 1 rings (SSSR count). The lowest BCUT2D eigenvalue weighted by Crippen LogP contribution is -2.66. The van der Waals surface area contributed by atoms with Crippen molar-refractivity contribution in [3.05, 3.63) is 0 Å². The number of alkyl carbamates (subject to hydrolysis) is 1. The monoisotopic (exact) mass is 279 g/mol. The number of ether oxygens (including phenoxy) is 3. The summed E-state index contributed by atoms with van der Waals surface area (Å²) in [4.78, 5) is 22.3. The van der Waals surface area contributed by atoms with E-state index >= 15 is 0 Å². The first-order chi connectivity index (χ1) is 8.86. The third-order valence-electron chi connectivity index (χ3n) is 2.62. The Morgan fingerprint density at radius 3 is 2.58 bits per heavy atom. The van der Waals surface area contributed by atoms with Gasteiger partial charge in [-0.1, -0.05) is 0 Å². The number of nitrogens with one attached hydrogen (secondary N) is 1. The Bertz CT molecular complexity index is 348. The third-order valence-corrected chi connectivity index (χ3v) is 2.62. The summed E-state index contributed by atoms with van der Waals surface area (Å²) in [5, 5.41) is 30.8. The summed E-state index contributed by atoms with van der Waals surface area (Å²) in [6.07, 6.45) is -5.39. The van der Waals surface area contributed by atoms with E-state index in [0.29, 0.717) is 0 Å². The lowest BCUT2D eigenvalue weighted by Gasteiger charge is -2.44. The quantitative estimate of drug-likeness (QED) is 0.424. The van der Waals surface area contributed by atoms with Crippen molar-refractivity contribution in [3.63, 3.8) is 0 Å². The molecule has 0 bridgehead atoms. The van der Waals surface area contributed by atoms with E-state index in [1.807, 2.05) is 0 Å². The number of hydrogen-bond donors (Lipinski definition) is 4. The van der Waals surface area contributed by atoms with Crippen LogP contribution in [0.3, 0.4) is 0 Å². The zero-order valence-corrected chi connectivity index (χ0v) is 10.5. The van der Waals surface area contributed by atoms with Gasteiger partial charge >= 0.3 is 12.1 Å². The Labute approximate surface area is 109 Å². The summed E-state index contributed by atoms with van der Waals surface area (Å²) in [5.41, 5.74) is 0. The van der Waals surface area contributed by atoms with E-state index in [9.17, 15) is 24.9 Å². The smallest absolute Gasteiger partial charge is 0.409 e. The van der Waals surface area contributed by atoms with E-state index in [2.05, 4.69) is 5.32 Å². The minimum Gasteiger partial charge on any atom is -0.452 e. The minimum absolute atomic E-state index is 0.392. The minimum atomic E-state index is -2.07. The van der Waals surface area contributed by atoms with Crippen molar-refractivity contribution in [3.8, 4) is 0 Å². The molecule has 1 aliphatic heterocycles. The molecule has 4 unspecified atom stereocenters. The van der Waals surface area contributed by atoms with E-state index < -0.39 is 49.4 Å². The fourth-order valence-corrected chi connectivity index (χ4v) is 1.67. The van der Waals surface area contributed by atoms with Gasteiger partial charge in [0, 0.05) is 14.0 Å². The Balaban J connectivity index is 3.02. The molecule has 1 saturated heterocycles. The molecule has 4 atom stereocenters. The van der Waals surface area contributed by atoms with Crippen molar-refractivity contribution in [1.82, 2.24) is 5.32 Å². The van der Waals surface area contributed by atoms with Gasteiger partial charge in [0.15, 0.2) is 6.10 Å². The highest BCUT2D eigenvalue weighted by Crippen LogP contribution is 2.30. The summed E-state index contributed by atoms with van der Waals surface area (Å²) < 4.78 is 14.7. The highest BCUT2D eigenvalue weighted by molar-refractivity contribution is 5.68. The van der Waals surface area contributed by atoms with Crippen LogP contribution in [-0.4, -0.2) is 71.7 Å². The van der Waals surface area contributed by atoms with Gasteiger partial charge < -0.3 is 34.8 Å². The number of rotatable bonds is 3. The Morgan fingerprint density at radius 2 is 2.11 bits per heavy atom. The third kappa shape index (κ3) is 3.32. The number of carbonyl (C=O) groups is 2. The SMILES string of the molecule is CNC(=O)OC1(CO)OCC(O)C(O)C1OC(C)=O. The van der Waals surface area contributed by atoms with Gasteiger partial charge in [-0.25, -0.2) is 4.79 Å². The van der Waals surface area contributed by atoms with Gasteiger partial charge in [-0.3, -0.25) is 4.79 Å². The van der Waals surface area contributed by atoms with Crippen molar-refractivity contribution in [2.45, 2.75) is 31.0 Å². The van der Waals surface area contributed by atoms with Crippen molar-refractivity contribution in [1.29, 1.82) is 0 Å². The normalized spacial score (nSPS) is 34.5. The maximum Gasteiger partial charge on any atom is 0.409 e. The van der Waals surface area contributed by atoms with Crippen LogP contribution in [0, 0.1) is 0 Å². The number of carbonyl (C=O) groups excluding carboxylic acids is 2. The van der Waals surface area contributed by atoms with Gasteiger partial charge in [0.2, 0.25) is 0 Å². The number of amides is 1. The summed E-state index contributed by atoms with van der Waals surface area (Å²) >= 11 is 0. The van der Waals surface area contributed by atoms with Crippen LogP contribution in [0.5, 0.6) is 0 Å². The number of aliphatic hydroxyl groups excluding tert-OH is 3. The van der Waals surface area contributed by atoms with E-state index in [1.165, 1.54) is 7.05 Å². The molecule has 1 fully saturated rings. The van der Waals surface area contributed by atoms with Gasteiger partial charge in [-0.2, -0.15) is 0 Å². The average molecular weight is 279 g/mol. The molecule has 1 heterocycles. The van der Waals surface area contributed by atoms with Crippen LogP contribution in [0.2, 0.25) is 0 Å². The van der Waals surface area contributed by atoms with Crippen molar-refractivity contribution >= 4 is 12.1 Å². The first kappa shape index (κ1) is 15.6. The Hall–Kier alpha value is -1.42. The molecule has 0 spiro atoms. The summed E-state index contributed by atoms with van der Waals surface area (Å²) in [6.45, 7) is -0.186. The first-order valence-corrected chi connectivity index (χ1v) is 5.55. The molecule has 0 saturated carbocycles. The van der Waals surface area contributed by atoms with Gasteiger partial charge in [0.05, 0.1) is 6.61 Å². The number of aliphatic hydroxyl groups is 3. The zero-order chi connectivity index (χ0) is 14.6. The molecule has 9 heteroatoms. The second-order valence-corrected chi connectivity index (χ2v) is 4.01. The van der Waals surface area contributed by atoms with Crippen molar-refractivity contribution < 1.29 is 39.1 Å². The predicted molar refractivity (Wildman–Crippen MR) is 58.9 cm³/mol. The lowest BCUT2D eigenvalue weighted by atomic mass is 9.97. The van der Waals surface area contributed by atoms with E-state index in [-0.39, 0.29) is 0 Å². The molecule has 4 N–H and O–H groups in total. The topological polar surface area (TPSA) is 135 Å². The molecule has 110 valence electrons. The first-order valence-electron chi connectivity index (χ1n) is 5.55. The highest BCUT2D eigenvalue weighted by Gasteiger charge is 2.55. The average Bonchev–Trinajstić information content (AvgIpc) is 2.38. The molecule has 0 aliphatic carbocycles. The van der Waals surface area contributed by atoms with Crippen LogP contribution in [-0.2, 0) is 19.0 Å². The molecule has 19 heavy (non-hydrogen) atoms. The van der Waals surface area contributed by atoms with Crippen LogP contribution in [0.15, 0.2) is 0 Å². The zero-order valence-electron chi connectivity index (χ0n) is 10.5. The van der Waals surface area contributed by atoms with Crippen molar-refractivity contribution in [2.24, 2.45) is 0 Å². The summed E-state index contributed by atoms with van der Waals surface area (Å²) in [7, 11) is 1.28. The van der Waals surface area contributed by atoms with E-state index in [1.54, 1.807) is 0 Å². The molecule has 0 aromatic heterocycles. The highest BCUT2D eigenvalue weighted by atomic mass is 16.8. The molecular weight excluding hydrogens is 262 g/mol. The second-order valence-electron chi connectivity index (χ2n) is 4.01. The predicted octanol–water partition coefficient (Wildman–Crippen LogP) is -2.29. The van der Waals surface area contributed by atoms with Crippen LogP contribution in [0.25, 0.3) is 0 Å². The van der Waals surface area contributed by atoms with Gasteiger partial charge in [0.1, 0.15) is 18.8 Å². The van der Waals surface area contributed by atoms with Gasteiger partial charge in [-0.05, 0) is 0 Å². The molecule has 0 aromatic rings. The molecule has 1 amide bonds. The second kappa shape index (κ2) is 6.15. The van der Waals surface area contributed by atoms with E-state index in [4.69, 9.17) is 14.2 Å². The molecule has 0 aromatic carbocycles. The fraction of sp³-hybridized carbons (Fsp3) is 0.800. The largest absolute Gasteiger partial charge is 0.452 e. The maximum absolute atomic E-state index is 11.3. The molecular formula is C10H17NO8. The van der Waals surface area contributed by atoms with Crippen LogP contribution in [0.4, 0.5) is 4.79 Å². The van der Waals surface area contributed by atoms with Gasteiger partial charge in [-0.15, -0.1) is 0 Å². The Morgan fingerprint density at radius 1 is 1.47 bits per heavy atom. The fourth-order valence-electron chi connectivity index (χ4n) is 1.67. The van der Waals surface area contributed by atoms with Crippen LogP contribution >= 0.6 is 0 Å². The molecule has 1 aliphatic rings. The standard InChI is InChI=1S/C10H17NO8/c1-5(13)18-8-7(15)6(14)3-17-10(8,4-12)19-9(16)11-2/h6-8,12,14-15H,3-4H2,1-2H3,(H,11,16). The summed E-state index contributed by atoms with van der Waals surface area (Å²) in [5.74, 6) is -2.86. The maximum atomic E-state index is 11.3. The van der Waals surface area contributed by atoms with Crippen LogP contribution in [0.1, 0.15) is 6.92 Å².